The molecule has 1 aromatic carbocycles. The molecule has 0 saturated heterocycles. The lowest BCUT2D eigenvalue weighted by Crippen LogP contribution is -2.05. The molecule has 1 rings (SSSR count). The van der Waals surface area contributed by atoms with Crippen LogP contribution in [0.25, 0.3) is 6.08 Å². The number of halogens is 3. The third kappa shape index (κ3) is 2.99. The molecular weight excluding hydrogens is 205 g/mol. The van der Waals surface area contributed by atoms with E-state index in [0.29, 0.717) is 11.3 Å². The number of nitrogen functional groups attached to an aromatic ring is 1. The molecule has 82 valence electrons. The molecule has 0 amide bonds. The molecule has 15 heavy (non-hydrogen) atoms. The van der Waals surface area contributed by atoms with E-state index in [1.165, 1.54) is 12.1 Å². The maximum Gasteiger partial charge on any atom is 0.416 e. The zero-order valence-electron chi connectivity index (χ0n) is 7.88. The van der Waals surface area contributed by atoms with Crippen molar-refractivity contribution >= 4 is 11.8 Å². The molecule has 0 aliphatic heterocycles. The number of rotatable bonds is 2. The molecule has 2 nitrogen and oxygen atoms in total. The fourth-order valence-electron chi connectivity index (χ4n) is 1.09. The second-order valence-electron chi connectivity index (χ2n) is 2.98. The summed E-state index contributed by atoms with van der Waals surface area (Å²) in [5, 5.41) is 0. The molecule has 0 spiro atoms. The third-order valence-corrected chi connectivity index (χ3v) is 1.85. The van der Waals surface area contributed by atoms with Crippen LogP contribution in [0.1, 0.15) is 11.1 Å². The maximum absolute atomic E-state index is 12.3. The van der Waals surface area contributed by atoms with Crippen LogP contribution >= 0.6 is 0 Å². The van der Waals surface area contributed by atoms with Gasteiger partial charge in [-0.2, -0.15) is 13.2 Å². The van der Waals surface area contributed by atoms with Gasteiger partial charge in [0.25, 0.3) is 0 Å². The van der Waals surface area contributed by atoms with E-state index in [-0.39, 0.29) is 6.54 Å². The number of nitrogens with two attached hydrogens (primary N) is 2. The Morgan fingerprint density at radius 2 is 1.93 bits per heavy atom. The first-order valence-corrected chi connectivity index (χ1v) is 4.28. The van der Waals surface area contributed by atoms with Gasteiger partial charge in [-0.25, -0.2) is 0 Å². The highest BCUT2D eigenvalue weighted by molar-refractivity contribution is 5.65. The minimum Gasteiger partial charge on any atom is -0.398 e. The second-order valence-corrected chi connectivity index (χ2v) is 2.98. The minimum absolute atomic E-state index is 0.260. The molecule has 0 radical (unpaired) electrons. The van der Waals surface area contributed by atoms with Crippen LogP contribution in [0.5, 0.6) is 0 Å². The van der Waals surface area contributed by atoms with Crippen LogP contribution < -0.4 is 11.5 Å². The van der Waals surface area contributed by atoms with Crippen LogP contribution in [0.2, 0.25) is 0 Å². The van der Waals surface area contributed by atoms with E-state index in [2.05, 4.69) is 0 Å². The highest BCUT2D eigenvalue weighted by atomic mass is 19.4. The van der Waals surface area contributed by atoms with E-state index in [0.717, 1.165) is 12.1 Å². The number of alkyl halides is 3. The van der Waals surface area contributed by atoms with Crippen molar-refractivity contribution in [2.75, 3.05) is 12.3 Å². The van der Waals surface area contributed by atoms with Gasteiger partial charge in [-0.15, -0.1) is 0 Å². The molecule has 0 aromatic heterocycles. The zero-order valence-corrected chi connectivity index (χ0v) is 7.88. The Morgan fingerprint density at radius 1 is 1.27 bits per heavy atom. The number of hydrogen-bond donors (Lipinski definition) is 2. The van der Waals surface area contributed by atoms with Crippen molar-refractivity contribution in [2.45, 2.75) is 6.18 Å². The van der Waals surface area contributed by atoms with Gasteiger partial charge < -0.3 is 11.5 Å². The number of benzene rings is 1. The van der Waals surface area contributed by atoms with Crippen molar-refractivity contribution in [3.05, 3.63) is 35.4 Å². The Kier molecular flexibility index (Phi) is 3.36. The molecule has 0 unspecified atom stereocenters. The molecule has 4 N–H and O–H groups in total. The summed E-state index contributed by atoms with van der Waals surface area (Å²) >= 11 is 0. The summed E-state index contributed by atoms with van der Waals surface area (Å²) in [7, 11) is 0. The number of hydrogen-bond acceptors (Lipinski definition) is 2. The number of anilines is 1. The molecule has 0 atom stereocenters. The predicted molar refractivity (Wildman–Crippen MR) is 53.9 cm³/mol. The van der Waals surface area contributed by atoms with Gasteiger partial charge in [0.1, 0.15) is 0 Å². The fraction of sp³-hybridized carbons (Fsp3) is 0.200. The summed E-state index contributed by atoms with van der Waals surface area (Å²) in [5.74, 6) is 0. The lowest BCUT2D eigenvalue weighted by atomic mass is 10.1. The Bertz CT molecular complexity index is 369. The minimum atomic E-state index is -4.35. The molecule has 0 bridgehead atoms. The monoisotopic (exact) mass is 216 g/mol. The average Bonchev–Trinajstić information content (AvgIpc) is 2.15. The Labute approximate surface area is 85.4 Å². The van der Waals surface area contributed by atoms with Crippen molar-refractivity contribution in [2.24, 2.45) is 5.73 Å². The normalized spacial score (nSPS) is 12.3. The van der Waals surface area contributed by atoms with E-state index < -0.39 is 11.7 Å². The van der Waals surface area contributed by atoms with Crippen LogP contribution in [0.15, 0.2) is 24.3 Å². The molecule has 0 saturated carbocycles. The maximum atomic E-state index is 12.3. The van der Waals surface area contributed by atoms with Crippen molar-refractivity contribution in [1.82, 2.24) is 0 Å². The summed E-state index contributed by atoms with van der Waals surface area (Å²) in [6.07, 6.45) is -1.32. The van der Waals surface area contributed by atoms with Crippen LogP contribution in [0, 0.1) is 0 Å². The average molecular weight is 216 g/mol. The van der Waals surface area contributed by atoms with Crippen molar-refractivity contribution in [3.63, 3.8) is 0 Å². The van der Waals surface area contributed by atoms with Gasteiger partial charge in [0.15, 0.2) is 0 Å². The Balaban J connectivity index is 3.11. The first kappa shape index (κ1) is 11.6. The summed E-state index contributed by atoms with van der Waals surface area (Å²) in [6, 6.07) is 3.19. The van der Waals surface area contributed by atoms with Gasteiger partial charge in [-0.05, 0) is 23.8 Å². The smallest absolute Gasteiger partial charge is 0.398 e. The standard InChI is InChI=1S/C10H11F3N2/c11-10(12,13)8-3-4-9(15)7(6-8)2-1-5-14/h1-4,6H,5,14-15H2. The Morgan fingerprint density at radius 3 is 2.47 bits per heavy atom. The van der Waals surface area contributed by atoms with Crippen molar-refractivity contribution in [3.8, 4) is 0 Å². The molecule has 1 aromatic rings. The molecule has 5 heteroatoms. The van der Waals surface area contributed by atoms with E-state index >= 15 is 0 Å². The third-order valence-electron chi connectivity index (χ3n) is 1.85. The zero-order chi connectivity index (χ0) is 11.5. The summed E-state index contributed by atoms with van der Waals surface area (Å²) in [6.45, 7) is 0.260. The highest BCUT2D eigenvalue weighted by Gasteiger charge is 2.30. The molecule has 0 aliphatic carbocycles. The van der Waals surface area contributed by atoms with Gasteiger partial charge >= 0.3 is 6.18 Å². The van der Waals surface area contributed by atoms with E-state index in [4.69, 9.17) is 11.5 Å². The molecule has 0 fully saturated rings. The van der Waals surface area contributed by atoms with Crippen LogP contribution in [-0.4, -0.2) is 6.54 Å². The van der Waals surface area contributed by atoms with Crippen LogP contribution in [-0.2, 0) is 6.18 Å². The van der Waals surface area contributed by atoms with Gasteiger partial charge in [-0.1, -0.05) is 12.2 Å². The molecule has 0 heterocycles. The fourth-order valence-corrected chi connectivity index (χ4v) is 1.09. The van der Waals surface area contributed by atoms with Gasteiger partial charge in [0.2, 0.25) is 0 Å². The van der Waals surface area contributed by atoms with E-state index in [1.54, 1.807) is 6.08 Å². The SMILES string of the molecule is NCC=Cc1cc(C(F)(F)F)ccc1N. The lowest BCUT2D eigenvalue weighted by molar-refractivity contribution is -0.137. The van der Waals surface area contributed by atoms with E-state index in [1.807, 2.05) is 0 Å². The van der Waals surface area contributed by atoms with Gasteiger partial charge in [-0.3, -0.25) is 0 Å². The largest absolute Gasteiger partial charge is 0.416 e. The topological polar surface area (TPSA) is 52.0 Å². The predicted octanol–water partition coefficient (Wildman–Crippen LogP) is 2.26. The highest BCUT2D eigenvalue weighted by Crippen LogP contribution is 2.31. The van der Waals surface area contributed by atoms with E-state index in [9.17, 15) is 13.2 Å². The summed E-state index contributed by atoms with van der Waals surface area (Å²) < 4.78 is 37.0. The van der Waals surface area contributed by atoms with Crippen LogP contribution in [0.3, 0.4) is 0 Å². The van der Waals surface area contributed by atoms with Crippen molar-refractivity contribution < 1.29 is 13.2 Å². The molecule has 0 aliphatic rings. The molecular formula is C10H11F3N2. The summed E-state index contributed by atoms with van der Waals surface area (Å²) in [4.78, 5) is 0. The van der Waals surface area contributed by atoms with Crippen molar-refractivity contribution in [1.29, 1.82) is 0 Å². The van der Waals surface area contributed by atoms with Gasteiger partial charge in [0.05, 0.1) is 5.56 Å². The second kappa shape index (κ2) is 4.35. The lowest BCUT2D eigenvalue weighted by Gasteiger charge is -2.08. The van der Waals surface area contributed by atoms with Gasteiger partial charge in [0, 0.05) is 12.2 Å². The Hall–Kier alpha value is -1.49. The summed E-state index contributed by atoms with van der Waals surface area (Å²) in [5.41, 5.74) is 10.6. The quantitative estimate of drug-likeness (QED) is 0.745. The first-order chi connectivity index (χ1) is 6.95. The van der Waals surface area contributed by atoms with Crippen LogP contribution in [0.4, 0.5) is 18.9 Å². The first-order valence-electron chi connectivity index (χ1n) is 4.28.